The molecule has 1 amide bonds. The number of piperidine rings is 1. The van der Waals surface area contributed by atoms with Crippen LogP contribution >= 0.6 is 15.9 Å². The molecule has 1 spiro atoms. The zero-order chi connectivity index (χ0) is 19.9. The van der Waals surface area contributed by atoms with Gasteiger partial charge in [-0.15, -0.1) is 0 Å². The van der Waals surface area contributed by atoms with Crippen LogP contribution in [-0.2, 0) is 9.47 Å². The Morgan fingerprint density at radius 1 is 1.21 bits per heavy atom. The standard InChI is InChI=1S/C22H31BrN2O3/c1-21(2,3)28-20(26)25-14-22(15-25)12-17(13-27-22)24-10-8-16(9-11-24)18-6-4-5-7-19(18)23/h4-7,16-17H,8-15H2,1-3H3/t17-/m0/s1. The van der Waals surface area contributed by atoms with Crippen molar-refractivity contribution in [2.45, 2.75) is 63.2 Å². The van der Waals surface area contributed by atoms with E-state index >= 15 is 0 Å². The molecule has 0 bridgehead atoms. The van der Waals surface area contributed by atoms with E-state index in [0.717, 1.165) is 26.1 Å². The zero-order valence-corrected chi connectivity index (χ0v) is 18.7. The Morgan fingerprint density at radius 3 is 2.54 bits per heavy atom. The van der Waals surface area contributed by atoms with E-state index in [0.29, 0.717) is 25.0 Å². The van der Waals surface area contributed by atoms with Crippen LogP contribution < -0.4 is 0 Å². The van der Waals surface area contributed by atoms with Crippen molar-refractivity contribution in [1.82, 2.24) is 9.80 Å². The molecular weight excluding hydrogens is 420 g/mol. The van der Waals surface area contributed by atoms with Crippen molar-refractivity contribution in [1.29, 1.82) is 0 Å². The molecule has 5 nitrogen and oxygen atoms in total. The van der Waals surface area contributed by atoms with Gasteiger partial charge in [-0.1, -0.05) is 34.1 Å². The van der Waals surface area contributed by atoms with Crippen LogP contribution in [0.25, 0.3) is 0 Å². The third kappa shape index (κ3) is 4.24. The van der Waals surface area contributed by atoms with Gasteiger partial charge in [0, 0.05) is 10.5 Å². The maximum atomic E-state index is 12.2. The van der Waals surface area contributed by atoms with E-state index in [1.54, 1.807) is 4.90 Å². The first-order chi connectivity index (χ1) is 13.2. The van der Waals surface area contributed by atoms with E-state index in [1.807, 2.05) is 20.8 Å². The number of carbonyl (C=O) groups is 1. The van der Waals surface area contributed by atoms with Crippen molar-refractivity contribution in [3.63, 3.8) is 0 Å². The Kier molecular flexibility index (Phi) is 5.49. The second-order valence-corrected chi connectivity index (χ2v) is 10.4. The molecule has 1 aromatic carbocycles. The molecule has 0 aliphatic carbocycles. The van der Waals surface area contributed by atoms with Gasteiger partial charge in [0.2, 0.25) is 0 Å². The minimum absolute atomic E-state index is 0.152. The average molecular weight is 451 g/mol. The molecule has 0 saturated carbocycles. The van der Waals surface area contributed by atoms with Crippen molar-refractivity contribution in [3.05, 3.63) is 34.3 Å². The fourth-order valence-corrected chi connectivity index (χ4v) is 5.37. The highest BCUT2D eigenvalue weighted by Crippen LogP contribution is 2.40. The van der Waals surface area contributed by atoms with Gasteiger partial charge in [-0.05, 0) is 70.7 Å². The first-order valence-electron chi connectivity index (χ1n) is 10.4. The van der Waals surface area contributed by atoms with Crippen LogP contribution in [-0.4, -0.2) is 65.9 Å². The van der Waals surface area contributed by atoms with Crippen molar-refractivity contribution < 1.29 is 14.3 Å². The van der Waals surface area contributed by atoms with E-state index in [-0.39, 0.29) is 11.7 Å². The van der Waals surface area contributed by atoms with Crippen molar-refractivity contribution in [2.75, 3.05) is 32.8 Å². The summed E-state index contributed by atoms with van der Waals surface area (Å²) in [5.74, 6) is 0.634. The molecule has 3 fully saturated rings. The molecule has 1 atom stereocenters. The van der Waals surface area contributed by atoms with Crippen LogP contribution in [0.4, 0.5) is 4.79 Å². The van der Waals surface area contributed by atoms with Crippen LogP contribution in [0.1, 0.15) is 51.5 Å². The number of amides is 1. The summed E-state index contributed by atoms with van der Waals surface area (Å²) in [7, 11) is 0. The molecule has 6 heteroatoms. The largest absolute Gasteiger partial charge is 0.444 e. The Labute approximate surface area is 176 Å². The summed E-state index contributed by atoms with van der Waals surface area (Å²) in [6, 6.07) is 9.08. The number of ether oxygens (including phenoxy) is 2. The number of likely N-dealkylation sites (tertiary alicyclic amines) is 2. The molecule has 3 heterocycles. The van der Waals surface area contributed by atoms with Gasteiger partial charge in [0.25, 0.3) is 0 Å². The van der Waals surface area contributed by atoms with E-state index in [1.165, 1.54) is 22.9 Å². The minimum atomic E-state index is -0.447. The smallest absolute Gasteiger partial charge is 0.410 e. The quantitative estimate of drug-likeness (QED) is 0.668. The van der Waals surface area contributed by atoms with Crippen LogP contribution in [0, 0.1) is 0 Å². The first kappa shape index (κ1) is 20.2. The summed E-state index contributed by atoms with van der Waals surface area (Å²) in [5.41, 5.74) is 0.839. The summed E-state index contributed by atoms with van der Waals surface area (Å²) >= 11 is 3.70. The highest BCUT2D eigenvalue weighted by atomic mass is 79.9. The van der Waals surface area contributed by atoms with Crippen LogP contribution in [0.15, 0.2) is 28.7 Å². The van der Waals surface area contributed by atoms with Crippen molar-refractivity contribution in [2.24, 2.45) is 0 Å². The summed E-state index contributed by atoms with van der Waals surface area (Å²) < 4.78 is 12.9. The average Bonchev–Trinajstić information content (AvgIpc) is 3.05. The van der Waals surface area contributed by atoms with E-state index in [9.17, 15) is 4.79 Å². The SMILES string of the molecule is CC(C)(C)OC(=O)N1CC2(C[C@H](N3CCC(c4ccccc4Br)CC3)CO2)C1. The molecule has 0 N–H and O–H groups in total. The van der Waals surface area contributed by atoms with E-state index in [2.05, 4.69) is 45.1 Å². The normalized spacial score (nSPS) is 25.7. The van der Waals surface area contributed by atoms with Gasteiger partial charge in [0.15, 0.2) is 0 Å². The highest BCUT2D eigenvalue weighted by molar-refractivity contribution is 9.10. The maximum absolute atomic E-state index is 12.2. The van der Waals surface area contributed by atoms with Gasteiger partial charge in [0.05, 0.1) is 19.7 Å². The third-order valence-corrected chi connectivity index (χ3v) is 6.91. The maximum Gasteiger partial charge on any atom is 0.410 e. The summed E-state index contributed by atoms with van der Waals surface area (Å²) in [4.78, 5) is 16.6. The van der Waals surface area contributed by atoms with E-state index < -0.39 is 5.60 Å². The lowest BCUT2D eigenvalue weighted by Gasteiger charge is -2.47. The summed E-state index contributed by atoms with van der Waals surface area (Å²) in [6.45, 7) is 10.0. The van der Waals surface area contributed by atoms with Gasteiger partial charge >= 0.3 is 6.09 Å². The molecule has 3 saturated heterocycles. The Hall–Kier alpha value is -1.11. The predicted molar refractivity (Wildman–Crippen MR) is 113 cm³/mol. The van der Waals surface area contributed by atoms with Gasteiger partial charge in [-0.25, -0.2) is 4.79 Å². The fourth-order valence-electron chi connectivity index (χ4n) is 4.76. The van der Waals surface area contributed by atoms with Crippen molar-refractivity contribution >= 4 is 22.0 Å². The summed E-state index contributed by atoms with van der Waals surface area (Å²) in [6.07, 6.45) is 3.18. The molecule has 0 aromatic heterocycles. The predicted octanol–water partition coefficient (Wildman–Crippen LogP) is 4.41. The third-order valence-electron chi connectivity index (χ3n) is 6.19. The molecule has 28 heavy (non-hydrogen) atoms. The number of carbonyl (C=O) groups excluding carboxylic acids is 1. The topological polar surface area (TPSA) is 42.0 Å². The molecule has 154 valence electrons. The van der Waals surface area contributed by atoms with Gasteiger partial charge in [-0.3, -0.25) is 4.90 Å². The van der Waals surface area contributed by atoms with Gasteiger partial charge < -0.3 is 14.4 Å². The molecular formula is C22H31BrN2O3. The Balaban J connectivity index is 1.26. The first-order valence-corrected chi connectivity index (χ1v) is 11.1. The summed E-state index contributed by atoms with van der Waals surface area (Å²) in [5, 5.41) is 0. The lowest BCUT2D eigenvalue weighted by atomic mass is 9.86. The lowest BCUT2D eigenvalue weighted by molar-refractivity contribution is -0.109. The lowest BCUT2D eigenvalue weighted by Crippen LogP contribution is -2.64. The monoisotopic (exact) mass is 450 g/mol. The zero-order valence-electron chi connectivity index (χ0n) is 17.1. The van der Waals surface area contributed by atoms with E-state index in [4.69, 9.17) is 9.47 Å². The number of hydrogen-bond acceptors (Lipinski definition) is 4. The molecule has 0 radical (unpaired) electrons. The number of hydrogen-bond donors (Lipinski definition) is 0. The Morgan fingerprint density at radius 2 is 1.89 bits per heavy atom. The second-order valence-electron chi connectivity index (χ2n) is 9.52. The molecule has 3 aliphatic rings. The van der Waals surface area contributed by atoms with Gasteiger partial charge in [0.1, 0.15) is 11.2 Å². The Bertz CT molecular complexity index is 719. The molecule has 3 aliphatic heterocycles. The molecule has 0 unspecified atom stereocenters. The second kappa shape index (κ2) is 7.62. The van der Waals surface area contributed by atoms with Gasteiger partial charge in [-0.2, -0.15) is 0 Å². The van der Waals surface area contributed by atoms with Crippen LogP contribution in [0.3, 0.4) is 0 Å². The number of rotatable bonds is 2. The van der Waals surface area contributed by atoms with Crippen LogP contribution in [0.2, 0.25) is 0 Å². The number of nitrogens with zero attached hydrogens (tertiary/aromatic N) is 2. The number of halogens is 1. The van der Waals surface area contributed by atoms with Crippen molar-refractivity contribution in [3.8, 4) is 0 Å². The highest BCUT2D eigenvalue weighted by Gasteiger charge is 2.53. The molecule has 4 rings (SSSR count). The fraction of sp³-hybridized carbons (Fsp3) is 0.682. The minimum Gasteiger partial charge on any atom is -0.444 e. The number of benzene rings is 1. The molecule has 1 aromatic rings. The van der Waals surface area contributed by atoms with Crippen LogP contribution in [0.5, 0.6) is 0 Å².